The van der Waals surface area contributed by atoms with Crippen molar-refractivity contribution in [2.75, 3.05) is 5.32 Å². The van der Waals surface area contributed by atoms with Gasteiger partial charge in [0, 0.05) is 18.2 Å². The number of amides is 1. The van der Waals surface area contributed by atoms with Crippen molar-refractivity contribution in [1.29, 1.82) is 0 Å². The number of furan rings is 1. The molecule has 0 aliphatic carbocycles. The van der Waals surface area contributed by atoms with E-state index < -0.39 is 0 Å². The molecule has 3 N–H and O–H groups in total. The Morgan fingerprint density at radius 3 is 2.82 bits per heavy atom. The summed E-state index contributed by atoms with van der Waals surface area (Å²) in [6.07, 6.45) is 0. The third kappa shape index (κ3) is 2.73. The van der Waals surface area contributed by atoms with Crippen LogP contribution in [0.1, 0.15) is 21.7 Å². The topological polar surface area (TPSA) is 68.3 Å². The molecule has 0 aliphatic heterocycles. The monoisotopic (exact) mass is 230 g/mol. The molecule has 0 saturated carbocycles. The second kappa shape index (κ2) is 4.84. The molecule has 88 valence electrons. The van der Waals surface area contributed by atoms with Crippen molar-refractivity contribution in [3.63, 3.8) is 0 Å². The molecule has 1 amide bonds. The second-order valence-electron chi connectivity index (χ2n) is 3.77. The van der Waals surface area contributed by atoms with E-state index in [9.17, 15) is 4.79 Å². The number of carbonyl (C=O) groups is 1. The highest BCUT2D eigenvalue weighted by molar-refractivity contribution is 6.03. The Morgan fingerprint density at radius 2 is 2.18 bits per heavy atom. The van der Waals surface area contributed by atoms with Crippen LogP contribution in [0.15, 0.2) is 40.8 Å². The number of hydrogen-bond donors (Lipinski definition) is 2. The lowest BCUT2D eigenvalue weighted by atomic mass is 10.1. The van der Waals surface area contributed by atoms with Crippen LogP contribution in [0, 0.1) is 6.92 Å². The molecule has 2 rings (SSSR count). The van der Waals surface area contributed by atoms with Gasteiger partial charge in [-0.1, -0.05) is 12.1 Å². The fourth-order valence-electron chi connectivity index (χ4n) is 1.53. The van der Waals surface area contributed by atoms with Gasteiger partial charge in [-0.3, -0.25) is 10.1 Å². The van der Waals surface area contributed by atoms with Crippen molar-refractivity contribution in [1.82, 2.24) is 0 Å². The maximum absolute atomic E-state index is 11.9. The molecule has 1 aromatic heterocycles. The molecule has 4 nitrogen and oxygen atoms in total. The fraction of sp³-hybridized carbons (Fsp3) is 0.154. The van der Waals surface area contributed by atoms with Gasteiger partial charge in [-0.2, -0.15) is 0 Å². The lowest BCUT2D eigenvalue weighted by molar-refractivity contribution is 0.102. The average molecular weight is 230 g/mol. The lowest BCUT2D eigenvalue weighted by Gasteiger charge is -2.03. The van der Waals surface area contributed by atoms with Crippen molar-refractivity contribution >= 4 is 11.8 Å². The van der Waals surface area contributed by atoms with Crippen LogP contribution in [-0.4, -0.2) is 5.91 Å². The first-order chi connectivity index (χ1) is 8.19. The molecule has 1 heterocycles. The van der Waals surface area contributed by atoms with Crippen LogP contribution >= 0.6 is 0 Å². The van der Waals surface area contributed by atoms with E-state index in [2.05, 4.69) is 5.32 Å². The van der Waals surface area contributed by atoms with Gasteiger partial charge in [-0.05, 0) is 30.7 Å². The zero-order chi connectivity index (χ0) is 12.3. The molecule has 0 aliphatic rings. The largest absolute Gasteiger partial charge is 0.446 e. The number of rotatable bonds is 3. The SMILES string of the molecule is Cc1ccc(NC(=O)c2cccc(CN)c2)o1. The third-order valence-corrected chi connectivity index (χ3v) is 2.40. The van der Waals surface area contributed by atoms with Crippen LogP contribution in [0.25, 0.3) is 0 Å². The highest BCUT2D eigenvalue weighted by atomic mass is 16.4. The summed E-state index contributed by atoms with van der Waals surface area (Å²) < 4.78 is 5.28. The van der Waals surface area contributed by atoms with E-state index in [4.69, 9.17) is 10.2 Å². The van der Waals surface area contributed by atoms with Crippen molar-refractivity contribution in [3.05, 3.63) is 53.3 Å². The number of aryl methyl sites for hydroxylation is 1. The van der Waals surface area contributed by atoms with Crippen LogP contribution in [0.5, 0.6) is 0 Å². The van der Waals surface area contributed by atoms with Gasteiger partial charge in [0.05, 0.1) is 0 Å². The van der Waals surface area contributed by atoms with E-state index >= 15 is 0 Å². The highest BCUT2D eigenvalue weighted by Crippen LogP contribution is 2.14. The number of anilines is 1. The minimum Gasteiger partial charge on any atom is -0.446 e. The van der Waals surface area contributed by atoms with Crippen molar-refractivity contribution in [2.24, 2.45) is 5.73 Å². The molecule has 1 aromatic carbocycles. The number of nitrogens with two attached hydrogens (primary N) is 1. The summed E-state index contributed by atoms with van der Waals surface area (Å²) in [4.78, 5) is 11.9. The number of nitrogens with one attached hydrogen (secondary N) is 1. The smallest absolute Gasteiger partial charge is 0.257 e. The molecule has 2 aromatic rings. The summed E-state index contributed by atoms with van der Waals surface area (Å²) in [7, 11) is 0. The maximum atomic E-state index is 11.9. The van der Waals surface area contributed by atoms with Crippen LogP contribution in [0.2, 0.25) is 0 Å². The molecule has 0 unspecified atom stereocenters. The lowest BCUT2D eigenvalue weighted by Crippen LogP contribution is -2.12. The Hall–Kier alpha value is -2.07. The van der Waals surface area contributed by atoms with Gasteiger partial charge in [0.25, 0.3) is 5.91 Å². The minimum atomic E-state index is -0.199. The number of hydrogen-bond acceptors (Lipinski definition) is 3. The highest BCUT2D eigenvalue weighted by Gasteiger charge is 2.08. The zero-order valence-electron chi connectivity index (χ0n) is 9.57. The Labute approximate surface area is 99.4 Å². The van der Waals surface area contributed by atoms with Crippen LogP contribution < -0.4 is 11.1 Å². The molecule has 0 atom stereocenters. The number of carbonyl (C=O) groups excluding carboxylic acids is 1. The minimum absolute atomic E-state index is 0.199. The van der Waals surface area contributed by atoms with Gasteiger partial charge in [0.1, 0.15) is 5.76 Å². The average Bonchev–Trinajstić information content (AvgIpc) is 2.75. The summed E-state index contributed by atoms with van der Waals surface area (Å²) in [5.74, 6) is 1.01. The second-order valence-corrected chi connectivity index (χ2v) is 3.77. The first kappa shape index (κ1) is 11.4. The van der Waals surface area contributed by atoms with Gasteiger partial charge in [0.15, 0.2) is 5.88 Å². The summed E-state index contributed by atoms with van der Waals surface area (Å²) in [5, 5.41) is 2.68. The van der Waals surface area contributed by atoms with Crippen molar-refractivity contribution in [2.45, 2.75) is 13.5 Å². The molecular weight excluding hydrogens is 216 g/mol. The standard InChI is InChI=1S/C13H14N2O2/c1-9-5-6-12(17-9)15-13(16)11-4-2-3-10(7-11)8-14/h2-7H,8,14H2,1H3,(H,15,16). The predicted octanol–water partition coefficient (Wildman–Crippen LogP) is 2.30. The first-order valence-corrected chi connectivity index (χ1v) is 5.36. The molecule has 0 radical (unpaired) electrons. The summed E-state index contributed by atoms with van der Waals surface area (Å²) in [5.41, 5.74) is 7.02. The van der Waals surface area contributed by atoms with E-state index in [1.54, 1.807) is 24.3 Å². The Balaban J connectivity index is 2.14. The maximum Gasteiger partial charge on any atom is 0.257 e. The van der Waals surface area contributed by atoms with Crippen molar-refractivity contribution in [3.8, 4) is 0 Å². The summed E-state index contributed by atoms with van der Waals surface area (Å²) in [6, 6.07) is 10.7. The quantitative estimate of drug-likeness (QED) is 0.850. The van der Waals surface area contributed by atoms with E-state index in [1.807, 2.05) is 19.1 Å². The normalized spacial score (nSPS) is 10.2. The van der Waals surface area contributed by atoms with E-state index in [0.29, 0.717) is 18.0 Å². The molecule has 0 saturated heterocycles. The molecular formula is C13H14N2O2. The van der Waals surface area contributed by atoms with E-state index in [-0.39, 0.29) is 5.91 Å². The van der Waals surface area contributed by atoms with E-state index in [1.165, 1.54) is 0 Å². The molecule has 17 heavy (non-hydrogen) atoms. The first-order valence-electron chi connectivity index (χ1n) is 5.36. The predicted molar refractivity (Wildman–Crippen MR) is 65.7 cm³/mol. The Bertz CT molecular complexity index is 532. The number of benzene rings is 1. The summed E-state index contributed by atoms with van der Waals surface area (Å²) >= 11 is 0. The Morgan fingerprint density at radius 1 is 1.35 bits per heavy atom. The molecule has 0 spiro atoms. The van der Waals surface area contributed by atoms with Crippen LogP contribution in [0.4, 0.5) is 5.88 Å². The van der Waals surface area contributed by atoms with Crippen LogP contribution in [-0.2, 0) is 6.54 Å². The van der Waals surface area contributed by atoms with E-state index in [0.717, 1.165) is 11.3 Å². The molecule has 0 fully saturated rings. The van der Waals surface area contributed by atoms with Crippen molar-refractivity contribution < 1.29 is 9.21 Å². The van der Waals surface area contributed by atoms with Gasteiger partial charge in [-0.25, -0.2) is 0 Å². The van der Waals surface area contributed by atoms with Gasteiger partial charge in [0.2, 0.25) is 0 Å². The fourth-order valence-corrected chi connectivity index (χ4v) is 1.53. The van der Waals surface area contributed by atoms with Gasteiger partial charge in [-0.15, -0.1) is 0 Å². The Kier molecular flexibility index (Phi) is 3.25. The zero-order valence-corrected chi connectivity index (χ0v) is 9.57. The summed E-state index contributed by atoms with van der Waals surface area (Å²) in [6.45, 7) is 2.24. The van der Waals surface area contributed by atoms with Gasteiger partial charge >= 0.3 is 0 Å². The molecule has 0 bridgehead atoms. The van der Waals surface area contributed by atoms with Crippen LogP contribution in [0.3, 0.4) is 0 Å². The molecule has 4 heteroatoms. The van der Waals surface area contributed by atoms with Gasteiger partial charge < -0.3 is 10.2 Å². The third-order valence-electron chi connectivity index (χ3n) is 2.40.